The van der Waals surface area contributed by atoms with Crippen LogP contribution in [0.5, 0.6) is 0 Å². The molecule has 0 aliphatic carbocycles. The summed E-state index contributed by atoms with van der Waals surface area (Å²) in [7, 11) is 1.23. The van der Waals surface area contributed by atoms with Crippen LogP contribution in [0.25, 0.3) is 0 Å². The zero-order valence-electron chi connectivity index (χ0n) is 52.7. The maximum Gasteiger partial charge on any atom is 0.268 e. The first-order chi connectivity index (χ1) is 39.0. The molecule has 0 aromatic rings. The van der Waals surface area contributed by atoms with Crippen molar-refractivity contribution < 1.29 is 32.9 Å². The summed E-state index contributed by atoms with van der Waals surface area (Å²) in [5.41, 5.74) is 0. The number of allylic oxidation sites excluding steroid dienone is 17. The van der Waals surface area contributed by atoms with Gasteiger partial charge in [-0.3, -0.25) is 9.36 Å². The van der Waals surface area contributed by atoms with Crippen molar-refractivity contribution >= 4 is 13.7 Å². The van der Waals surface area contributed by atoms with Gasteiger partial charge in [0.2, 0.25) is 5.91 Å². The number of likely N-dealkylation sites (N-methyl/N-ethyl adjacent to an activating group) is 1. The number of rotatable bonds is 60. The average molecular weight is 1140 g/mol. The number of hydrogen-bond donors (Lipinski definition) is 2. The lowest BCUT2D eigenvalue weighted by Gasteiger charge is -2.29. The fourth-order valence-corrected chi connectivity index (χ4v) is 10.1. The number of unbranched alkanes of at least 4 members (excludes halogenated alkanes) is 31. The van der Waals surface area contributed by atoms with Crippen molar-refractivity contribution in [3.63, 3.8) is 0 Å². The Balaban J connectivity index is 4.20. The van der Waals surface area contributed by atoms with Gasteiger partial charge in [-0.05, 0) is 89.9 Å². The van der Waals surface area contributed by atoms with Crippen molar-refractivity contribution in [2.75, 3.05) is 40.9 Å². The molecule has 0 radical (unpaired) electrons. The van der Waals surface area contributed by atoms with E-state index >= 15 is 0 Å². The Bertz CT molecular complexity index is 1670. The van der Waals surface area contributed by atoms with E-state index in [4.69, 9.17) is 9.05 Å². The lowest BCUT2D eigenvalue weighted by Crippen LogP contribution is -2.45. The van der Waals surface area contributed by atoms with Gasteiger partial charge in [-0.1, -0.05) is 297 Å². The molecule has 0 fully saturated rings. The van der Waals surface area contributed by atoms with Gasteiger partial charge in [0.05, 0.1) is 39.9 Å². The first kappa shape index (κ1) is 77.2. The molecule has 8 nitrogen and oxygen atoms in total. The highest BCUT2D eigenvalue weighted by Crippen LogP contribution is 2.38. The van der Waals surface area contributed by atoms with Gasteiger partial charge in [0.25, 0.3) is 7.82 Å². The molecular weight excluding hydrogens is 1010 g/mol. The van der Waals surface area contributed by atoms with E-state index in [1.54, 1.807) is 6.08 Å². The van der Waals surface area contributed by atoms with E-state index < -0.39 is 26.6 Å². The highest BCUT2D eigenvalue weighted by molar-refractivity contribution is 7.45. The second-order valence-corrected chi connectivity index (χ2v) is 24.8. The highest BCUT2D eigenvalue weighted by atomic mass is 31.2. The number of quaternary nitrogens is 1. The lowest BCUT2D eigenvalue weighted by atomic mass is 10.0. The standard InChI is InChI=1S/C71H127N2O6P/c1-6-8-10-12-14-16-18-20-22-24-26-28-30-32-34-35-36-37-39-41-43-45-47-49-51-53-55-57-59-61-63-65-71(75)72-69(68-79-80(76,77)78-67-66-73(3,4)5)70(74)64-62-60-58-56-54-52-50-48-46-44-42-40-38-33-31-29-27-25-23-21-19-17-15-13-11-9-7-2/h8,10,14,16,20,22,26,28,32,34,36-37,41,43,54,56,62,64,69-70,74H,6-7,9,11-13,15,17-19,21,23-25,27,29-31,33,35,38-40,42,44-53,55,57-61,63,65-68H2,1-5H3,(H-,72,75,76,77)/b10-8-,16-14-,22-20-,28-26-,34-32-,37-36-,43-41-,56-54+,64-62+. The minimum atomic E-state index is -4.62. The number of hydrogen-bond acceptors (Lipinski definition) is 6. The summed E-state index contributed by atoms with van der Waals surface area (Å²) in [6.45, 7) is 4.53. The molecule has 9 heteroatoms. The smallest absolute Gasteiger partial charge is 0.268 e. The van der Waals surface area contributed by atoms with E-state index in [0.29, 0.717) is 17.4 Å². The summed E-state index contributed by atoms with van der Waals surface area (Å²) < 4.78 is 23.4. The predicted molar refractivity (Wildman–Crippen MR) is 348 cm³/mol. The van der Waals surface area contributed by atoms with Crippen LogP contribution in [0, 0.1) is 0 Å². The van der Waals surface area contributed by atoms with Crippen LogP contribution in [0.1, 0.15) is 284 Å². The summed E-state index contributed by atoms with van der Waals surface area (Å²) >= 11 is 0. The molecule has 0 bridgehead atoms. The minimum Gasteiger partial charge on any atom is -0.756 e. The second-order valence-electron chi connectivity index (χ2n) is 23.4. The zero-order chi connectivity index (χ0) is 58.4. The van der Waals surface area contributed by atoms with Gasteiger partial charge in [-0.2, -0.15) is 0 Å². The molecule has 0 aliphatic rings. The van der Waals surface area contributed by atoms with E-state index in [2.05, 4.69) is 116 Å². The molecule has 0 aliphatic heterocycles. The first-order valence-corrected chi connectivity index (χ1v) is 34.7. The molecule has 0 saturated heterocycles. The summed E-state index contributed by atoms with van der Waals surface area (Å²) in [5.74, 6) is -0.215. The predicted octanol–water partition coefficient (Wildman–Crippen LogP) is 20.5. The maximum atomic E-state index is 13.0. The Morgan fingerprint density at radius 3 is 1.16 bits per heavy atom. The average Bonchev–Trinajstić information content (AvgIpc) is 3.42. The van der Waals surface area contributed by atoms with Crippen LogP contribution in [0.3, 0.4) is 0 Å². The normalized spacial score (nSPS) is 14.4. The van der Waals surface area contributed by atoms with E-state index in [1.807, 2.05) is 27.2 Å². The van der Waals surface area contributed by atoms with Crippen LogP contribution < -0.4 is 10.2 Å². The van der Waals surface area contributed by atoms with Crippen molar-refractivity contribution in [3.05, 3.63) is 109 Å². The van der Waals surface area contributed by atoms with Crippen LogP contribution in [0.15, 0.2) is 109 Å². The molecule has 0 aromatic carbocycles. The number of carbonyl (C=O) groups excluding carboxylic acids is 1. The van der Waals surface area contributed by atoms with Crippen molar-refractivity contribution in [1.82, 2.24) is 5.32 Å². The van der Waals surface area contributed by atoms with Gasteiger partial charge in [0.15, 0.2) is 0 Å². The molecule has 0 aromatic heterocycles. The first-order valence-electron chi connectivity index (χ1n) is 33.2. The second kappa shape index (κ2) is 60.7. The molecule has 0 spiro atoms. The van der Waals surface area contributed by atoms with Crippen molar-refractivity contribution in [2.45, 2.75) is 296 Å². The Morgan fingerprint density at radius 2 is 0.775 bits per heavy atom. The van der Waals surface area contributed by atoms with Crippen molar-refractivity contribution in [2.24, 2.45) is 0 Å². The summed E-state index contributed by atoms with van der Waals surface area (Å²) in [4.78, 5) is 25.6. The summed E-state index contributed by atoms with van der Waals surface area (Å²) in [5, 5.41) is 13.9. The summed E-state index contributed by atoms with van der Waals surface area (Å²) in [6, 6.07) is -0.916. The molecule has 3 atom stereocenters. The minimum absolute atomic E-state index is 0.0126. The molecule has 462 valence electrons. The van der Waals surface area contributed by atoms with Crippen molar-refractivity contribution in [1.29, 1.82) is 0 Å². The molecule has 0 heterocycles. The monoisotopic (exact) mass is 1130 g/mol. The molecule has 80 heavy (non-hydrogen) atoms. The van der Waals surface area contributed by atoms with Crippen LogP contribution in [0.2, 0.25) is 0 Å². The molecule has 1 amide bonds. The number of phosphoric acid groups is 1. The third kappa shape index (κ3) is 62.8. The maximum absolute atomic E-state index is 13.0. The zero-order valence-corrected chi connectivity index (χ0v) is 53.6. The number of nitrogens with one attached hydrogen (secondary N) is 1. The quantitative estimate of drug-likeness (QED) is 0.0272. The fourth-order valence-electron chi connectivity index (χ4n) is 9.33. The van der Waals surface area contributed by atoms with Gasteiger partial charge in [-0.25, -0.2) is 0 Å². The number of aliphatic hydroxyl groups is 1. The molecule has 3 unspecified atom stereocenters. The van der Waals surface area contributed by atoms with Gasteiger partial charge in [-0.15, -0.1) is 0 Å². The van der Waals surface area contributed by atoms with E-state index in [1.165, 1.54) is 167 Å². The summed E-state index contributed by atoms with van der Waals surface area (Å²) in [6.07, 6.45) is 89.1. The van der Waals surface area contributed by atoms with Crippen LogP contribution >= 0.6 is 7.82 Å². The topological polar surface area (TPSA) is 108 Å². The van der Waals surface area contributed by atoms with Crippen molar-refractivity contribution in [3.8, 4) is 0 Å². The van der Waals surface area contributed by atoms with Crippen LogP contribution in [0.4, 0.5) is 0 Å². The molecule has 2 N–H and O–H groups in total. The van der Waals surface area contributed by atoms with Gasteiger partial charge < -0.3 is 28.8 Å². The lowest BCUT2D eigenvalue weighted by molar-refractivity contribution is -0.870. The van der Waals surface area contributed by atoms with Gasteiger partial charge >= 0.3 is 0 Å². The van der Waals surface area contributed by atoms with Crippen LogP contribution in [-0.2, 0) is 18.4 Å². The van der Waals surface area contributed by atoms with E-state index in [9.17, 15) is 19.4 Å². The third-order valence-electron chi connectivity index (χ3n) is 14.5. The van der Waals surface area contributed by atoms with Crippen LogP contribution in [-0.4, -0.2) is 68.5 Å². The fraction of sp³-hybridized carbons (Fsp3) is 0.732. The van der Waals surface area contributed by atoms with E-state index in [-0.39, 0.29) is 12.5 Å². The number of carbonyl (C=O) groups is 1. The highest BCUT2D eigenvalue weighted by Gasteiger charge is 2.23. The van der Waals surface area contributed by atoms with Gasteiger partial charge in [0.1, 0.15) is 13.2 Å². The molecule has 0 rings (SSSR count). The SMILES string of the molecule is CC/C=C\C/C=C\C/C=C\C/C=C\C/C=C\C/C=C\C/C=C\CCCCCCCCCCCC(=O)NC(COP(=O)([O-])OCC[N+](C)(C)C)C(O)/C=C/CC/C=C/CCCCCCCCCCCCCCCCCCCCCCC. The Labute approximate surface area is 495 Å². The Morgan fingerprint density at radius 1 is 0.450 bits per heavy atom. The molecule has 0 saturated carbocycles. The number of aliphatic hydroxyl groups excluding tert-OH is 1. The Hall–Kier alpha value is -2.84. The largest absolute Gasteiger partial charge is 0.756 e. The Kier molecular flexibility index (Phi) is 58.6. The van der Waals surface area contributed by atoms with Gasteiger partial charge in [0, 0.05) is 6.42 Å². The van der Waals surface area contributed by atoms with E-state index in [0.717, 1.165) is 96.3 Å². The third-order valence-corrected chi connectivity index (χ3v) is 15.4. The molecular formula is C71H127N2O6P. The number of phosphoric ester groups is 1. The number of nitrogens with zero attached hydrogens (tertiary/aromatic N) is 1. The number of amides is 1.